The highest BCUT2D eigenvalue weighted by Gasteiger charge is 2.34. The van der Waals surface area contributed by atoms with Crippen molar-refractivity contribution in [3.8, 4) is 0 Å². The number of nitrogens with zero attached hydrogens (tertiary/aromatic N) is 1. The van der Waals surface area contributed by atoms with E-state index in [0.29, 0.717) is 0 Å². The Kier molecular flexibility index (Phi) is 6.79. The summed E-state index contributed by atoms with van der Waals surface area (Å²) in [4.78, 5) is 4.50. The molecule has 0 saturated carbocycles. The van der Waals surface area contributed by atoms with Crippen molar-refractivity contribution in [3.63, 3.8) is 0 Å². The monoisotopic (exact) mass is 491 g/mol. The van der Waals surface area contributed by atoms with Gasteiger partial charge in [-0.2, -0.15) is 0 Å². The van der Waals surface area contributed by atoms with E-state index in [1.807, 2.05) is 103 Å². The van der Waals surface area contributed by atoms with Gasteiger partial charge in [0.05, 0.1) is 17.8 Å². The van der Waals surface area contributed by atoms with Crippen LogP contribution in [0, 0.1) is 0 Å². The summed E-state index contributed by atoms with van der Waals surface area (Å²) in [5, 5.41) is 4.94. The molecule has 0 aliphatic heterocycles. The minimum atomic E-state index is -3.20. The number of benzene rings is 3. The van der Waals surface area contributed by atoms with Crippen LogP contribution in [0.1, 0.15) is 23.3 Å². The maximum Gasteiger partial charge on any atom is 0.205 e. The first-order valence-corrected chi connectivity index (χ1v) is 12.5. The van der Waals surface area contributed by atoms with E-state index < -0.39 is 19.4 Å². The maximum absolute atomic E-state index is 14.6. The van der Waals surface area contributed by atoms with Crippen LogP contribution in [-0.2, 0) is 4.57 Å². The number of hydrogen-bond donors (Lipinski definition) is 2. The lowest BCUT2D eigenvalue weighted by Crippen LogP contribution is -2.36. The van der Waals surface area contributed by atoms with Crippen molar-refractivity contribution in [2.75, 3.05) is 0 Å². The average Bonchev–Trinajstić information content (AvgIpc) is 2.84. The summed E-state index contributed by atoms with van der Waals surface area (Å²) in [6.07, 6.45) is 1.73. The van der Waals surface area contributed by atoms with Gasteiger partial charge in [-0.15, -0.1) is 0 Å². The molecule has 0 spiro atoms. The summed E-state index contributed by atoms with van der Waals surface area (Å²) in [6, 6.07) is 31.8. The number of nitrogens with one attached hydrogen (secondary N) is 1. The van der Waals surface area contributed by atoms with Gasteiger partial charge < -0.3 is 5.73 Å². The van der Waals surface area contributed by atoms with Crippen LogP contribution in [0.4, 0.5) is 0 Å². The molecule has 0 radical (unpaired) electrons. The third-order valence-corrected chi connectivity index (χ3v) is 8.33. The Morgan fingerprint density at radius 2 is 1.29 bits per heavy atom. The Morgan fingerprint density at radius 1 is 0.774 bits per heavy atom. The van der Waals surface area contributed by atoms with Gasteiger partial charge in [-0.05, 0) is 57.9 Å². The van der Waals surface area contributed by atoms with Crippen LogP contribution in [0.15, 0.2) is 114 Å². The van der Waals surface area contributed by atoms with Gasteiger partial charge in [0.2, 0.25) is 7.29 Å². The predicted octanol–water partition coefficient (Wildman–Crippen LogP) is 5.10. The predicted molar refractivity (Wildman–Crippen MR) is 131 cm³/mol. The summed E-state index contributed by atoms with van der Waals surface area (Å²) in [5.41, 5.74) is 8.39. The maximum atomic E-state index is 14.6. The van der Waals surface area contributed by atoms with E-state index in [0.717, 1.165) is 26.3 Å². The van der Waals surface area contributed by atoms with Crippen LogP contribution in [0.3, 0.4) is 0 Å². The van der Waals surface area contributed by atoms with E-state index in [2.05, 4.69) is 26.0 Å². The standard InChI is InChI=1S/C25H23BrN3OP/c26-20-16-17-23(28-18-20)24(27)25(19-10-4-1-5-11-19)29-31(30,21-12-6-2-7-13-21)22-14-8-3-9-15-22/h1-18,24-25H,27H2,(H,29,30)/t24-,25-/m0/s1. The lowest BCUT2D eigenvalue weighted by atomic mass is 9.98. The summed E-state index contributed by atoms with van der Waals surface area (Å²) >= 11 is 3.42. The summed E-state index contributed by atoms with van der Waals surface area (Å²) in [6.45, 7) is 0. The first-order chi connectivity index (χ1) is 15.1. The molecule has 4 nitrogen and oxygen atoms in total. The fraction of sp³-hybridized carbons (Fsp3) is 0.0800. The Labute approximate surface area is 191 Å². The molecule has 3 aromatic carbocycles. The number of pyridine rings is 1. The van der Waals surface area contributed by atoms with Gasteiger partial charge in [0.25, 0.3) is 0 Å². The third kappa shape index (κ3) is 4.86. The van der Waals surface area contributed by atoms with Gasteiger partial charge in [0, 0.05) is 21.3 Å². The van der Waals surface area contributed by atoms with E-state index in [4.69, 9.17) is 5.73 Å². The molecule has 0 bridgehead atoms. The largest absolute Gasteiger partial charge is 0.321 e. The Hall–Kier alpha value is -2.56. The van der Waals surface area contributed by atoms with Crippen LogP contribution >= 0.6 is 23.2 Å². The molecule has 2 atom stereocenters. The van der Waals surface area contributed by atoms with Crippen molar-refractivity contribution < 1.29 is 4.57 Å². The van der Waals surface area contributed by atoms with Crippen molar-refractivity contribution in [1.82, 2.24) is 10.1 Å². The molecule has 0 saturated heterocycles. The Morgan fingerprint density at radius 3 is 1.77 bits per heavy atom. The SMILES string of the molecule is N[C@@H](c1ccc(Br)cn1)[C@@H](NP(=O)(c1ccccc1)c1ccccc1)c1ccccc1. The first kappa shape index (κ1) is 21.7. The lowest BCUT2D eigenvalue weighted by Gasteiger charge is -2.31. The van der Waals surface area contributed by atoms with Gasteiger partial charge in [-0.25, -0.2) is 0 Å². The van der Waals surface area contributed by atoms with Gasteiger partial charge in [0.1, 0.15) is 0 Å². The molecule has 0 unspecified atom stereocenters. The zero-order valence-electron chi connectivity index (χ0n) is 16.8. The molecule has 0 aliphatic rings. The fourth-order valence-electron chi connectivity index (χ4n) is 3.55. The van der Waals surface area contributed by atoms with Crippen molar-refractivity contribution in [2.24, 2.45) is 5.73 Å². The van der Waals surface area contributed by atoms with Gasteiger partial charge >= 0.3 is 0 Å². The lowest BCUT2D eigenvalue weighted by molar-refractivity contribution is 0.503. The van der Waals surface area contributed by atoms with Crippen LogP contribution in [0.25, 0.3) is 0 Å². The summed E-state index contributed by atoms with van der Waals surface area (Å²) in [5.74, 6) is 0. The first-order valence-electron chi connectivity index (χ1n) is 9.99. The molecule has 4 rings (SSSR count). The van der Waals surface area contributed by atoms with E-state index >= 15 is 0 Å². The third-order valence-electron chi connectivity index (χ3n) is 5.17. The average molecular weight is 492 g/mol. The highest BCUT2D eigenvalue weighted by atomic mass is 79.9. The number of aromatic nitrogens is 1. The van der Waals surface area contributed by atoms with E-state index in [1.54, 1.807) is 6.20 Å². The smallest absolute Gasteiger partial charge is 0.205 e. The highest BCUT2D eigenvalue weighted by molar-refractivity contribution is 9.10. The van der Waals surface area contributed by atoms with Crippen molar-refractivity contribution >= 4 is 33.8 Å². The topological polar surface area (TPSA) is 68.0 Å². The van der Waals surface area contributed by atoms with Gasteiger partial charge in [-0.1, -0.05) is 66.7 Å². The molecule has 6 heteroatoms. The molecule has 1 heterocycles. The molecule has 0 aliphatic carbocycles. The molecule has 156 valence electrons. The molecule has 3 N–H and O–H groups in total. The molecular weight excluding hydrogens is 469 g/mol. The van der Waals surface area contributed by atoms with E-state index in [9.17, 15) is 4.57 Å². The van der Waals surface area contributed by atoms with Crippen LogP contribution in [-0.4, -0.2) is 4.98 Å². The van der Waals surface area contributed by atoms with Gasteiger partial charge in [-0.3, -0.25) is 14.6 Å². The quantitative estimate of drug-likeness (QED) is 0.352. The molecule has 1 aromatic heterocycles. The Bertz CT molecular complexity index is 1110. The Balaban J connectivity index is 1.82. The molecule has 4 aromatic rings. The second kappa shape index (κ2) is 9.71. The van der Waals surface area contributed by atoms with Gasteiger partial charge in [0.15, 0.2) is 0 Å². The second-order valence-corrected chi connectivity index (χ2v) is 10.7. The van der Waals surface area contributed by atoms with Crippen molar-refractivity contribution in [2.45, 2.75) is 12.1 Å². The normalized spacial score (nSPS) is 13.5. The zero-order chi connectivity index (χ0) is 21.7. The molecule has 31 heavy (non-hydrogen) atoms. The number of rotatable bonds is 7. The summed E-state index contributed by atoms with van der Waals surface area (Å²) in [7, 11) is -3.20. The molecule has 0 amide bonds. The second-order valence-electron chi connectivity index (χ2n) is 7.22. The van der Waals surface area contributed by atoms with E-state index in [-0.39, 0.29) is 0 Å². The minimum Gasteiger partial charge on any atom is -0.321 e. The van der Waals surface area contributed by atoms with Crippen LogP contribution < -0.4 is 21.4 Å². The number of hydrogen-bond acceptors (Lipinski definition) is 3. The fourth-order valence-corrected chi connectivity index (χ4v) is 6.26. The molecular formula is C25H23BrN3OP. The van der Waals surface area contributed by atoms with Crippen molar-refractivity contribution in [1.29, 1.82) is 0 Å². The number of halogens is 1. The van der Waals surface area contributed by atoms with Crippen molar-refractivity contribution in [3.05, 3.63) is 125 Å². The van der Waals surface area contributed by atoms with Crippen LogP contribution in [0.2, 0.25) is 0 Å². The summed E-state index contributed by atoms with van der Waals surface area (Å²) < 4.78 is 15.5. The van der Waals surface area contributed by atoms with E-state index in [1.165, 1.54) is 0 Å². The minimum absolute atomic E-state index is 0.416. The molecule has 0 fully saturated rings. The number of nitrogens with two attached hydrogens (primary N) is 1. The zero-order valence-corrected chi connectivity index (χ0v) is 19.3. The van der Waals surface area contributed by atoms with Crippen LogP contribution in [0.5, 0.6) is 0 Å². The highest BCUT2D eigenvalue weighted by Crippen LogP contribution is 2.44.